The van der Waals surface area contributed by atoms with Crippen molar-refractivity contribution in [2.75, 3.05) is 11.9 Å². The van der Waals surface area contributed by atoms with Crippen molar-refractivity contribution in [2.45, 2.75) is 13.3 Å². The molecule has 4 aromatic rings. The van der Waals surface area contributed by atoms with Gasteiger partial charge in [0.05, 0.1) is 16.7 Å². The van der Waals surface area contributed by atoms with Gasteiger partial charge in [0, 0.05) is 23.5 Å². The van der Waals surface area contributed by atoms with Gasteiger partial charge in [-0.05, 0) is 36.6 Å². The van der Waals surface area contributed by atoms with Crippen molar-refractivity contribution in [1.82, 2.24) is 15.0 Å². The number of hydrogen-bond acceptors (Lipinski definition) is 3. The van der Waals surface area contributed by atoms with Gasteiger partial charge in [0.15, 0.2) is 0 Å². The molecule has 0 bridgehead atoms. The van der Waals surface area contributed by atoms with Crippen LogP contribution in [0.1, 0.15) is 11.4 Å². The van der Waals surface area contributed by atoms with Crippen LogP contribution in [0.2, 0.25) is 0 Å². The molecule has 1 aliphatic rings. The lowest BCUT2D eigenvalue weighted by Crippen LogP contribution is -1.95. The number of aromatic nitrogens is 3. The molecular weight excluding hydrogens is 308 g/mol. The molecule has 0 fully saturated rings. The zero-order valence-electron chi connectivity index (χ0n) is 14.0. The Kier molecular flexibility index (Phi) is 3.10. The van der Waals surface area contributed by atoms with Crippen LogP contribution >= 0.6 is 0 Å². The monoisotopic (exact) mass is 326 g/mol. The lowest BCUT2D eigenvalue weighted by molar-refractivity contribution is 1.08. The first kappa shape index (κ1) is 14.2. The van der Waals surface area contributed by atoms with Crippen molar-refractivity contribution in [1.29, 1.82) is 0 Å². The smallest absolute Gasteiger partial charge is 0.126 e. The molecule has 2 aromatic heterocycles. The lowest BCUT2D eigenvalue weighted by atomic mass is 10.0. The molecule has 0 radical (unpaired) electrons. The molecule has 25 heavy (non-hydrogen) atoms. The first-order valence-corrected chi connectivity index (χ1v) is 8.58. The van der Waals surface area contributed by atoms with E-state index in [0.717, 1.165) is 46.8 Å². The molecule has 4 heteroatoms. The minimum atomic E-state index is 0.796. The minimum absolute atomic E-state index is 0.796. The molecule has 0 amide bonds. The van der Waals surface area contributed by atoms with Crippen molar-refractivity contribution < 1.29 is 0 Å². The van der Waals surface area contributed by atoms with E-state index in [2.05, 4.69) is 63.8 Å². The number of aryl methyl sites for hydroxylation is 1. The molecule has 0 aliphatic carbocycles. The van der Waals surface area contributed by atoms with E-state index in [1.165, 1.54) is 16.8 Å². The molecule has 3 heterocycles. The quantitative estimate of drug-likeness (QED) is 0.567. The van der Waals surface area contributed by atoms with Crippen LogP contribution in [0.15, 0.2) is 54.6 Å². The van der Waals surface area contributed by atoms with E-state index in [1.54, 1.807) is 0 Å². The summed E-state index contributed by atoms with van der Waals surface area (Å²) in [6, 6.07) is 18.9. The van der Waals surface area contributed by atoms with Crippen molar-refractivity contribution in [3.8, 4) is 22.5 Å². The van der Waals surface area contributed by atoms with Gasteiger partial charge in [-0.25, -0.2) is 9.97 Å². The Morgan fingerprint density at radius 3 is 2.72 bits per heavy atom. The minimum Gasteiger partial charge on any atom is -0.384 e. The van der Waals surface area contributed by atoms with E-state index >= 15 is 0 Å². The zero-order chi connectivity index (χ0) is 16.8. The van der Waals surface area contributed by atoms with Gasteiger partial charge in [-0.3, -0.25) is 0 Å². The molecule has 0 saturated heterocycles. The Bertz CT molecular complexity index is 1080. The largest absolute Gasteiger partial charge is 0.384 e. The normalized spacial score (nSPS) is 13.0. The molecule has 4 nitrogen and oxygen atoms in total. The van der Waals surface area contributed by atoms with E-state index in [1.807, 2.05) is 13.0 Å². The predicted octanol–water partition coefficient (Wildman–Crippen LogP) is 4.57. The second kappa shape index (κ2) is 5.45. The summed E-state index contributed by atoms with van der Waals surface area (Å²) in [5.74, 6) is 0.796. The van der Waals surface area contributed by atoms with Crippen LogP contribution < -0.4 is 5.32 Å². The molecule has 2 N–H and O–H groups in total. The second-order valence-electron chi connectivity index (χ2n) is 6.44. The summed E-state index contributed by atoms with van der Waals surface area (Å²) in [5.41, 5.74) is 8.94. The van der Waals surface area contributed by atoms with Crippen LogP contribution in [-0.2, 0) is 6.42 Å². The highest BCUT2D eigenvalue weighted by molar-refractivity contribution is 5.94. The Labute approximate surface area is 146 Å². The maximum absolute atomic E-state index is 4.79. The number of fused-ring (bicyclic) bond motifs is 2. The van der Waals surface area contributed by atoms with Gasteiger partial charge in [0.25, 0.3) is 0 Å². The van der Waals surface area contributed by atoms with Gasteiger partial charge in [0.1, 0.15) is 5.82 Å². The van der Waals surface area contributed by atoms with Crippen LogP contribution in [0.5, 0.6) is 0 Å². The van der Waals surface area contributed by atoms with Gasteiger partial charge >= 0.3 is 0 Å². The third kappa shape index (κ3) is 2.30. The Morgan fingerprint density at radius 1 is 0.960 bits per heavy atom. The number of nitrogens with zero attached hydrogens (tertiary/aromatic N) is 2. The van der Waals surface area contributed by atoms with E-state index < -0.39 is 0 Å². The third-order valence-corrected chi connectivity index (χ3v) is 4.80. The number of anilines is 1. The van der Waals surface area contributed by atoms with Gasteiger partial charge in [-0.1, -0.05) is 42.5 Å². The molecule has 0 unspecified atom stereocenters. The van der Waals surface area contributed by atoms with Crippen molar-refractivity contribution in [2.24, 2.45) is 0 Å². The topological polar surface area (TPSA) is 53.6 Å². The van der Waals surface area contributed by atoms with Crippen molar-refractivity contribution >= 4 is 16.7 Å². The molecule has 0 spiro atoms. The summed E-state index contributed by atoms with van der Waals surface area (Å²) in [6.45, 7) is 2.94. The van der Waals surface area contributed by atoms with Crippen LogP contribution in [0.4, 0.5) is 5.69 Å². The Hall–Kier alpha value is -3.14. The number of benzene rings is 2. The van der Waals surface area contributed by atoms with Gasteiger partial charge < -0.3 is 10.3 Å². The van der Waals surface area contributed by atoms with Crippen LogP contribution in [0, 0.1) is 6.92 Å². The second-order valence-corrected chi connectivity index (χ2v) is 6.44. The van der Waals surface area contributed by atoms with Crippen molar-refractivity contribution in [3.05, 3.63) is 66.0 Å². The Balaban J connectivity index is 1.76. The fraction of sp³-hybridized carbons (Fsp3) is 0.143. The van der Waals surface area contributed by atoms with E-state index in [0.29, 0.717) is 0 Å². The average molecular weight is 326 g/mol. The third-order valence-electron chi connectivity index (χ3n) is 4.80. The van der Waals surface area contributed by atoms with E-state index in [9.17, 15) is 0 Å². The van der Waals surface area contributed by atoms with Gasteiger partial charge in [-0.15, -0.1) is 0 Å². The summed E-state index contributed by atoms with van der Waals surface area (Å²) < 4.78 is 0. The molecule has 2 aromatic carbocycles. The molecule has 122 valence electrons. The highest BCUT2D eigenvalue weighted by atomic mass is 14.9. The number of H-pyrrole nitrogens is 1. The summed E-state index contributed by atoms with van der Waals surface area (Å²) >= 11 is 0. The highest BCUT2D eigenvalue weighted by Crippen LogP contribution is 2.36. The number of hydrogen-bond donors (Lipinski definition) is 2. The average Bonchev–Trinajstić information content (AvgIpc) is 3.28. The fourth-order valence-corrected chi connectivity index (χ4v) is 3.66. The summed E-state index contributed by atoms with van der Waals surface area (Å²) in [5, 5.41) is 3.45. The summed E-state index contributed by atoms with van der Waals surface area (Å²) in [6.07, 6.45) is 1.03. The molecule has 1 aliphatic heterocycles. The summed E-state index contributed by atoms with van der Waals surface area (Å²) in [4.78, 5) is 13.0. The number of rotatable bonds is 2. The maximum Gasteiger partial charge on any atom is 0.126 e. The van der Waals surface area contributed by atoms with E-state index in [-0.39, 0.29) is 0 Å². The first-order valence-electron chi connectivity index (χ1n) is 8.58. The summed E-state index contributed by atoms with van der Waals surface area (Å²) in [7, 11) is 0. The van der Waals surface area contributed by atoms with Crippen LogP contribution in [0.25, 0.3) is 33.5 Å². The van der Waals surface area contributed by atoms with Gasteiger partial charge in [-0.2, -0.15) is 0 Å². The van der Waals surface area contributed by atoms with E-state index in [4.69, 9.17) is 4.98 Å². The SMILES string of the molecule is Cc1nc(-c2cccc3c2CCN3)c2[nH]c(-c3ccccc3)cc2n1. The predicted molar refractivity (Wildman–Crippen MR) is 102 cm³/mol. The first-order chi connectivity index (χ1) is 12.3. The zero-order valence-corrected chi connectivity index (χ0v) is 14.0. The Morgan fingerprint density at radius 2 is 1.84 bits per heavy atom. The lowest BCUT2D eigenvalue weighted by Gasteiger charge is -2.09. The standard InChI is InChI=1S/C21H18N4/c1-13-23-19-12-18(14-6-3-2-4-7-14)25-21(19)20(24-13)16-8-5-9-17-15(16)10-11-22-17/h2-9,12,22,25H,10-11H2,1H3. The van der Waals surface area contributed by atoms with Crippen molar-refractivity contribution in [3.63, 3.8) is 0 Å². The fourth-order valence-electron chi connectivity index (χ4n) is 3.66. The number of nitrogens with one attached hydrogen (secondary N) is 2. The maximum atomic E-state index is 4.79. The van der Waals surface area contributed by atoms with Crippen LogP contribution in [0.3, 0.4) is 0 Å². The number of aromatic amines is 1. The highest BCUT2D eigenvalue weighted by Gasteiger charge is 2.19. The van der Waals surface area contributed by atoms with Crippen LogP contribution in [-0.4, -0.2) is 21.5 Å². The van der Waals surface area contributed by atoms with Gasteiger partial charge in [0.2, 0.25) is 0 Å². The molecule has 0 saturated carbocycles. The molecule has 0 atom stereocenters. The molecular formula is C21H18N4. The molecule has 5 rings (SSSR count).